The van der Waals surface area contributed by atoms with Crippen molar-refractivity contribution in [3.63, 3.8) is 0 Å². The fourth-order valence-corrected chi connectivity index (χ4v) is 3.05. The molecule has 1 aliphatic carbocycles. The van der Waals surface area contributed by atoms with Crippen LogP contribution in [0.1, 0.15) is 24.8 Å². The number of hydrogen-bond donors (Lipinski definition) is 0. The lowest BCUT2D eigenvalue weighted by atomic mass is 9.91. The summed E-state index contributed by atoms with van der Waals surface area (Å²) in [5.41, 5.74) is 1.17. The molecule has 0 unspecified atom stereocenters. The van der Waals surface area contributed by atoms with Gasteiger partial charge in [-0.05, 0) is 30.5 Å². The molecule has 1 aliphatic rings. The molecule has 4 heteroatoms. The highest BCUT2D eigenvalue weighted by Gasteiger charge is 2.24. The van der Waals surface area contributed by atoms with Crippen LogP contribution in [-0.4, -0.2) is 22.8 Å². The number of rotatable bonds is 5. The van der Waals surface area contributed by atoms with E-state index in [4.69, 9.17) is 0 Å². The van der Waals surface area contributed by atoms with E-state index in [0.717, 1.165) is 22.9 Å². The van der Waals surface area contributed by atoms with Gasteiger partial charge in [-0.1, -0.05) is 44.3 Å². The molecular weight excluding hydrogens is 349 g/mol. The first-order valence-corrected chi connectivity index (χ1v) is 7.86. The molecule has 0 amide bonds. The molecule has 17 heavy (non-hydrogen) atoms. The second kappa shape index (κ2) is 6.30. The Morgan fingerprint density at radius 3 is 2.65 bits per heavy atom. The number of halogens is 3. The summed E-state index contributed by atoms with van der Waals surface area (Å²) < 4.78 is 13.9. The van der Waals surface area contributed by atoms with E-state index in [-0.39, 0.29) is 5.82 Å². The molecule has 0 atom stereocenters. The largest absolute Gasteiger partial charge is 0.295 e. The first-order valence-electron chi connectivity index (χ1n) is 5.94. The third-order valence-corrected chi connectivity index (χ3v) is 4.44. The Morgan fingerprint density at radius 1 is 1.35 bits per heavy atom. The van der Waals surface area contributed by atoms with Crippen LogP contribution in [0.3, 0.4) is 0 Å². The maximum Gasteiger partial charge on any atom is 0.124 e. The predicted octanol–water partition coefficient (Wildman–Crippen LogP) is 4.34. The molecule has 0 N–H and O–H groups in total. The van der Waals surface area contributed by atoms with Gasteiger partial charge < -0.3 is 0 Å². The summed E-state index contributed by atoms with van der Waals surface area (Å²) in [6, 6.07) is 5.67. The van der Waals surface area contributed by atoms with Crippen molar-refractivity contribution in [2.24, 2.45) is 0 Å². The van der Waals surface area contributed by atoms with Crippen LogP contribution < -0.4 is 0 Å². The second-order valence-corrected chi connectivity index (χ2v) is 6.13. The van der Waals surface area contributed by atoms with Gasteiger partial charge in [0.05, 0.1) is 0 Å². The quantitative estimate of drug-likeness (QED) is 0.702. The molecule has 0 saturated heterocycles. The Hall–Kier alpha value is 0.0700. The van der Waals surface area contributed by atoms with E-state index < -0.39 is 0 Å². The molecule has 0 bridgehead atoms. The Morgan fingerprint density at radius 2 is 2.12 bits per heavy atom. The average Bonchev–Trinajstić information content (AvgIpc) is 2.20. The summed E-state index contributed by atoms with van der Waals surface area (Å²) in [6.45, 7) is 1.95. The smallest absolute Gasteiger partial charge is 0.124 e. The van der Waals surface area contributed by atoms with Gasteiger partial charge in [0.1, 0.15) is 5.82 Å². The van der Waals surface area contributed by atoms with Gasteiger partial charge in [0.15, 0.2) is 0 Å². The number of nitrogens with zero attached hydrogens (tertiary/aromatic N) is 1. The monoisotopic (exact) mass is 363 g/mol. The van der Waals surface area contributed by atoms with Crippen LogP contribution in [0.25, 0.3) is 0 Å². The third kappa shape index (κ3) is 3.52. The maximum atomic E-state index is 13.0. The summed E-state index contributed by atoms with van der Waals surface area (Å²) in [6.07, 6.45) is 3.94. The van der Waals surface area contributed by atoms with Crippen molar-refractivity contribution in [3.05, 3.63) is 34.1 Å². The maximum absolute atomic E-state index is 13.0. The normalized spacial score (nSPS) is 16.2. The highest BCUT2D eigenvalue weighted by molar-refractivity contribution is 9.10. The van der Waals surface area contributed by atoms with Crippen molar-refractivity contribution >= 4 is 31.9 Å². The minimum Gasteiger partial charge on any atom is -0.295 e. The second-order valence-electron chi connectivity index (χ2n) is 4.48. The standard InChI is InChI=1S/C13H16Br2FN/c14-6-7-17(12-2-1-3-12)9-10-4-5-11(16)8-13(10)15/h4-5,8,12H,1-3,6-7,9H2. The topological polar surface area (TPSA) is 3.24 Å². The molecule has 2 rings (SSSR count). The minimum absolute atomic E-state index is 0.184. The summed E-state index contributed by atoms with van der Waals surface area (Å²) in [5.74, 6) is -0.184. The molecule has 0 radical (unpaired) electrons. The third-order valence-electron chi connectivity index (χ3n) is 3.35. The van der Waals surface area contributed by atoms with E-state index in [9.17, 15) is 4.39 Å². The predicted molar refractivity (Wildman–Crippen MR) is 75.9 cm³/mol. The first-order chi connectivity index (χ1) is 8.20. The van der Waals surface area contributed by atoms with Crippen LogP contribution in [0.4, 0.5) is 4.39 Å². The van der Waals surface area contributed by atoms with Crippen molar-refractivity contribution < 1.29 is 4.39 Å². The summed E-state index contributed by atoms with van der Waals surface area (Å²) in [7, 11) is 0. The number of benzene rings is 1. The fraction of sp³-hybridized carbons (Fsp3) is 0.538. The molecule has 0 aromatic heterocycles. The van der Waals surface area contributed by atoms with Gasteiger partial charge in [0.25, 0.3) is 0 Å². The molecular formula is C13H16Br2FN. The zero-order valence-electron chi connectivity index (χ0n) is 9.63. The van der Waals surface area contributed by atoms with Gasteiger partial charge in [-0.15, -0.1) is 0 Å². The Bertz CT molecular complexity index is 380. The van der Waals surface area contributed by atoms with Crippen LogP contribution in [0.5, 0.6) is 0 Å². The Kier molecular flexibility index (Phi) is 5.00. The lowest BCUT2D eigenvalue weighted by Gasteiger charge is -2.37. The van der Waals surface area contributed by atoms with Gasteiger partial charge in [0.2, 0.25) is 0 Å². The number of alkyl halides is 1. The molecule has 1 fully saturated rings. The van der Waals surface area contributed by atoms with Crippen LogP contribution >= 0.6 is 31.9 Å². The highest BCUT2D eigenvalue weighted by atomic mass is 79.9. The zero-order chi connectivity index (χ0) is 12.3. The molecule has 1 nitrogen and oxygen atoms in total. The average molecular weight is 365 g/mol. The highest BCUT2D eigenvalue weighted by Crippen LogP contribution is 2.28. The van der Waals surface area contributed by atoms with E-state index in [1.807, 2.05) is 6.07 Å². The van der Waals surface area contributed by atoms with E-state index >= 15 is 0 Å². The lowest BCUT2D eigenvalue weighted by Crippen LogP contribution is -2.40. The molecule has 1 aromatic carbocycles. The van der Waals surface area contributed by atoms with Gasteiger partial charge in [-0.2, -0.15) is 0 Å². The van der Waals surface area contributed by atoms with Gasteiger partial charge in [0, 0.05) is 28.9 Å². The fourth-order valence-electron chi connectivity index (χ4n) is 2.12. The van der Waals surface area contributed by atoms with Crippen molar-refractivity contribution in [1.82, 2.24) is 4.90 Å². The SMILES string of the molecule is Fc1ccc(CN(CCBr)C2CCC2)c(Br)c1. The molecule has 1 aromatic rings. The van der Waals surface area contributed by atoms with Crippen molar-refractivity contribution in [2.75, 3.05) is 11.9 Å². The summed E-state index contributed by atoms with van der Waals surface area (Å²) >= 11 is 6.94. The van der Waals surface area contributed by atoms with E-state index in [0.29, 0.717) is 6.04 Å². The number of hydrogen-bond acceptors (Lipinski definition) is 1. The Labute approximate surface area is 119 Å². The lowest BCUT2D eigenvalue weighted by molar-refractivity contribution is 0.128. The Balaban J connectivity index is 2.05. The van der Waals surface area contributed by atoms with Gasteiger partial charge >= 0.3 is 0 Å². The van der Waals surface area contributed by atoms with E-state index in [2.05, 4.69) is 36.8 Å². The van der Waals surface area contributed by atoms with Crippen molar-refractivity contribution in [1.29, 1.82) is 0 Å². The minimum atomic E-state index is -0.184. The molecule has 1 saturated carbocycles. The molecule has 0 spiro atoms. The van der Waals surface area contributed by atoms with Gasteiger partial charge in [-0.25, -0.2) is 4.39 Å². The molecule has 0 heterocycles. The first kappa shape index (κ1) is 13.5. The van der Waals surface area contributed by atoms with Crippen molar-refractivity contribution in [3.8, 4) is 0 Å². The van der Waals surface area contributed by atoms with E-state index in [1.54, 1.807) is 6.07 Å². The van der Waals surface area contributed by atoms with Crippen molar-refractivity contribution in [2.45, 2.75) is 31.8 Å². The zero-order valence-corrected chi connectivity index (χ0v) is 12.8. The summed E-state index contributed by atoms with van der Waals surface area (Å²) in [4.78, 5) is 2.48. The summed E-state index contributed by atoms with van der Waals surface area (Å²) in [5, 5.41) is 0.988. The van der Waals surface area contributed by atoms with Crippen LogP contribution in [0.2, 0.25) is 0 Å². The van der Waals surface area contributed by atoms with Gasteiger partial charge in [-0.3, -0.25) is 4.90 Å². The van der Waals surface area contributed by atoms with Crippen LogP contribution in [0, 0.1) is 5.82 Å². The van der Waals surface area contributed by atoms with Crippen LogP contribution in [-0.2, 0) is 6.54 Å². The van der Waals surface area contributed by atoms with E-state index in [1.165, 1.54) is 30.9 Å². The van der Waals surface area contributed by atoms with Crippen LogP contribution in [0.15, 0.2) is 22.7 Å². The molecule has 0 aliphatic heterocycles. The molecule has 94 valence electrons.